The van der Waals surface area contributed by atoms with Crippen molar-refractivity contribution in [2.24, 2.45) is 0 Å². The lowest BCUT2D eigenvalue weighted by Gasteiger charge is -2.23. The molecular formula is C8H12ClN3O. The number of piperidine rings is 1. The molecular weight excluding hydrogens is 190 g/mol. The van der Waals surface area contributed by atoms with E-state index in [0.29, 0.717) is 11.2 Å². The molecule has 0 unspecified atom stereocenters. The van der Waals surface area contributed by atoms with Crippen LogP contribution >= 0.6 is 11.6 Å². The zero-order valence-electron chi connectivity index (χ0n) is 7.20. The van der Waals surface area contributed by atoms with Gasteiger partial charge in [-0.15, -0.1) is 0 Å². The molecule has 13 heavy (non-hydrogen) atoms. The third kappa shape index (κ3) is 1.64. The average Bonchev–Trinajstić information content (AvgIpc) is 2.49. The van der Waals surface area contributed by atoms with Gasteiger partial charge in [-0.3, -0.25) is 0 Å². The van der Waals surface area contributed by atoms with Gasteiger partial charge in [0.1, 0.15) is 0 Å². The van der Waals surface area contributed by atoms with E-state index in [-0.39, 0.29) is 5.75 Å². The van der Waals surface area contributed by atoms with E-state index in [0.717, 1.165) is 25.9 Å². The molecule has 0 atom stereocenters. The van der Waals surface area contributed by atoms with Gasteiger partial charge in [-0.25, -0.2) is 4.68 Å². The van der Waals surface area contributed by atoms with Crippen molar-refractivity contribution in [1.82, 2.24) is 15.1 Å². The minimum absolute atomic E-state index is 0.0696. The Hall–Kier alpha value is -0.740. The van der Waals surface area contributed by atoms with Crippen LogP contribution in [-0.2, 0) is 0 Å². The van der Waals surface area contributed by atoms with Crippen LogP contribution in [0.5, 0.6) is 5.75 Å². The highest BCUT2D eigenvalue weighted by molar-refractivity contribution is 6.30. The largest absolute Gasteiger partial charge is 0.504 e. The molecule has 0 bridgehead atoms. The number of hydrogen-bond acceptors (Lipinski definition) is 3. The lowest BCUT2D eigenvalue weighted by atomic mass is 10.1. The molecule has 1 aromatic heterocycles. The Balaban J connectivity index is 2.18. The summed E-state index contributed by atoms with van der Waals surface area (Å²) in [5.41, 5.74) is 0. The summed E-state index contributed by atoms with van der Waals surface area (Å²) in [4.78, 5) is 0. The topological polar surface area (TPSA) is 50.1 Å². The predicted molar refractivity (Wildman–Crippen MR) is 50.0 cm³/mol. The van der Waals surface area contributed by atoms with Gasteiger partial charge in [0, 0.05) is 0 Å². The molecule has 0 radical (unpaired) electrons. The van der Waals surface area contributed by atoms with Gasteiger partial charge in [0.2, 0.25) is 0 Å². The van der Waals surface area contributed by atoms with Gasteiger partial charge >= 0.3 is 0 Å². The van der Waals surface area contributed by atoms with Crippen LogP contribution in [0, 0.1) is 0 Å². The Morgan fingerprint density at radius 1 is 1.54 bits per heavy atom. The van der Waals surface area contributed by atoms with Crippen LogP contribution in [0.4, 0.5) is 0 Å². The Bertz CT molecular complexity index is 294. The van der Waals surface area contributed by atoms with E-state index in [4.69, 9.17) is 11.6 Å². The summed E-state index contributed by atoms with van der Waals surface area (Å²) in [6.45, 7) is 1.98. The highest BCUT2D eigenvalue weighted by atomic mass is 35.5. The SMILES string of the molecule is Oc1cnn(C2CCNCC2)c1Cl. The Labute approximate surface area is 81.5 Å². The summed E-state index contributed by atoms with van der Waals surface area (Å²) in [7, 11) is 0. The highest BCUT2D eigenvalue weighted by Gasteiger charge is 2.19. The molecule has 2 N–H and O–H groups in total. The van der Waals surface area contributed by atoms with Crippen LogP contribution < -0.4 is 5.32 Å². The van der Waals surface area contributed by atoms with Gasteiger partial charge in [-0.05, 0) is 25.9 Å². The van der Waals surface area contributed by atoms with E-state index in [1.54, 1.807) is 4.68 Å². The smallest absolute Gasteiger partial charge is 0.173 e. The van der Waals surface area contributed by atoms with Crippen molar-refractivity contribution < 1.29 is 5.11 Å². The maximum absolute atomic E-state index is 9.24. The van der Waals surface area contributed by atoms with Gasteiger partial charge in [-0.2, -0.15) is 5.10 Å². The van der Waals surface area contributed by atoms with Gasteiger partial charge in [0.15, 0.2) is 10.9 Å². The molecule has 2 rings (SSSR count). The molecule has 5 heteroatoms. The summed E-state index contributed by atoms with van der Waals surface area (Å²) in [6, 6.07) is 0.328. The van der Waals surface area contributed by atoms with Crippen LogP contribution in [0.1, 0.15) is 18.9 Å². The average molecular weight is 202 g/mol. The van der Waals surface area contributed by atoms with Crippen LogP contribution in [0.2, 0.25) is 5.15 Å². The van der Waals surface area contributed by atoms with Crippen molar-refractivity contribution in [3.63, 3.8) is 0 Å². The second kappa shape index (κ2) is 3.55. The molecule has 0 aromatic carbocycles. The molecule has 72 valence electrons. The molecule has 1 aliphatic heterocycles. The third-order valence-corrected chi connectivity index (χ3v) is 2.74. The normalized spacial score (nSPS) is 19.2. The second-order valence-corrected chi connectivity index (χ2v) is 3.60. The van der Waals surface area contributed by atoms with Crippen molar-refractivity contribution in [3.8, 4) is 5.75 Å². The minimum atomic E-state index is 0.0696. The highest BCUT2D eigenvalue weighted by Crippen LogP contribution is 2.28. The first-order valence-corrected chi connectivity index (χ1v) is 4.79. The van der Waals surface area contributed by atoms with Crippen LogP contribution in [0.3, 0.4) is 0 Å². The summed E-state index contributed by atoms with van der Waals surface area (Å²) >= 11 is 5.87. The van der Waals surface area contributed by atoms with E-state index in [9.17, 15) is 5.11 Å². The number of aromatic nitrogens is 2. The second-order valence-electron chi connectivity index (χ2n) is 3.25. The van der Waals surface area contributed by atoms with E-state index in [1.807, 2.05) is 0 Å². The molecule has 1 aliphatic rings. The molecule has 2 heterocycles. The van der Waals surface area contributed by atoms with E-state index < -0.39 is 0 Å². The van der Waals surface area contributed by atoms with Gasteiger partial charge in [0.05, 0.1) is 12.2 Å². The third-order valence-electron chi connectivity index (χ3n) is 2.37. The summed E-state index contributed by atoms with van der Waals surface area (Å²) < 4.78 is 1.71. The quantitative estimate of drug-likeness (QED) is 0.717. The van der Waals surface area contributed by atoms with Crippen LogP contribution in [0.15, 0.2) is 6.20 Å². The molecule has 1 saturated heterocycles. The standard InChI is InChI=1S/C8H12ClN3O/c9-8-7(13)5-11-12(8)6-1-3-10-4-2-6/h5-6,10,13H,1-4H2. The molecule has 0 spiro atoms. The lowest BCUT2D eigenvalue weighted by Crippen LogP contribution is -2.29. The van der Waals surface area contributed by atoms with Crippen molar-refractivity contribution in [1.29, 1.82) is 0 Å². The first kappa shape index (κ1) is 8.84. The maximum Gasteiger partial charge on any atom is 0.173 e. The fraction of sp³-hybridized carbons (Fsp3) is 0.625. The number of halogens is 1. The summed E-state index contributed by atoms with van der Waals surface area (Å²) in [5.74, 6) is 0.0696. The van der Waals surface area contributed by atoms with Gasteiger partial charge < -0.3 is 10.4 Å². The Morgan fingerprint density at radius 2 is 2.23 bits per heavy atom. The number of hydrogen-bond donors (Lipinski definition) is 2. The van der Waals surface area contributed by atoms with Crippen LogP contribution in [-0.4, -0.2) is 28.0 Å². The van der Waals surface area contributed by atoms with Crippen molar-refractivity contribution in [2.45, 2.75) is 18.9 Å². The maximum atomic E-state index is 9.24. The predicted octanol–water partition coefficient (Wildman–Crippen LogP) is 1.17. The van der Waals surface area contributed by atoms with E-state index in [2.05, 4.69) is 10.4 Å². The van der Waals surface area contributed by atoms with E-state index in [1.165, 1.54) is 6.20 Å². The molecule has 4 nitrogen and oxygen atoms in total. The number of rotatable bonds is 1. The molecule has 0 aliphatic carbocycles. The van der Waals surface area contributed by atoms with Crippen LogP contribution in [0.25, 0.3) is 0 Å². The zero-order valence-corrected chi connectivity index (χ0v) is 7.96. The molecule has 0 saturated carbocycles. The monoisotopic (exact) mass is 201 g/mol. The summed E-state index contributed by atoms with van der Waals surface area (Å²) in [6.07, 6.45) is 3.42. The zero-order chi connectivity index (χ0) is 9.26. The fourth-order valence-electron chi connectivity index (χ4n) is 1.64. The number of nitrogens with zero attached hydrogens (tertiary/aromatic N) is 2. The van der Waals surface area contributed by atoms with Gasteiger partial charge in [0.25, 0.3) is 0 Å². The van der Waals surface area contributed by atoms with Gasteiger partial charge in [-0.1, -0.05) is 11.6 Å². The Morgan fingerprint density at radius 3 is 2.77 bits per heavy atom. The molecule has 1 fully saturated rings. The van der Waals surface area contributed by atoms with Crippen molar-refractivity contribution in [2.75, 3.05) is 13.1 Å². The van der Waals surface area contributed by atoms with Crippen molar-refractivity contribution in [3.05, 3.63) is 11.3 Å². The van der Waals surface area contributed by atoms with E-state index >= 15 is 0 Å². The minimum Gasteiger partial charge on any atom is -0.504 e. The Kier molecular flexibility index (Phi) is 2.42. The lowest BCUT2D eigenvalue weighted by molar-refractivity contribution is 0.342. The van der Waals surface area contributed by atoms with Crippen molar-refractivity contribution >= 4 is 11.6 Å². The first-order valence-electron chi connectivity index (χ1n) is 4.41. The molecule has 1 aromatic rings. The molecule has 0 amide bonds. The number of aromatic hydroxyl groups is 1. The summed E-state index contributed by atoms with van der Waals surface area (Å²) in [5, 5.41) is 16.9. The number of nitrogens with one attached hydrogen (secondary N) is 1. The first-order chi connectivity index (χ1) is 6.29. The fourth-order valence-corrected chi connectivity index (χ4v) is 1.87.